The molecule has 0 aromatic heterocycles. The van der Waals surface area contributed by atoms with Gasteiger partial charge in [-0.25, -0.2) is 0 Å². The van der Waals surface area contributed by atoms with Gasteiger partial charge in [0, 0.05) is 33.7 Å². The molecule has 0 N–H and O–H groups in total. The second kappa shape index (κ2) is 7.32. The first-order valence-corrected chi connectivity index (χ1v) is 7.24. The van der Waals surface area contributed by atoms with Crippen molar-refractivity contribution in [3.8, 4) is 0 Å². The Morgan fingerprint density at radius 1 is 0.588 bits per heavy atom. The van der Waals surface area contributed by atoms with E-state index in [0.29, 0.717) is 0 Å². The molecule has 0 aliphatic heterocycles. The highest BCUT2D eigenvalue weighted by Crippen LogP contribution is 2.19. The van der Waals surface area contributed by atoms with Crippen molar-refractivity contribution < 1.29 is 0 Å². The fourth-order valence-electron chi connectivity index (χ4n) is 1.10. The zero-order valence-corrected chi connectivity index (χ0v) is 11.3. The van der Waals surface area contributed by atoms with E-state index < -0.39 is 0 Å². The Labute approximate surface area is 113 Å². The van der Waals surface area contributed by atoms with Crippen molar-refractivity contribution in [1.29, 1.82) is 0 Å². The summed E-state index contributed by atoms with van der Waals surface area (Å²) in [6.45, 7) is 0. The van der Waals surface area contributed by atoms with Gasteiger partial charge in [0.1, 0.15) is 0 Å². The Kier molecular flexibility index (Phi) is 5.35. The molecule has 17 heavy (non-hydrogen) atoms. The van der Waals surface area contributed by atoms with Gasteiger partial charge in [0.15, 0.2) is 0 Å². The Bertz CT molecular complexity index is 462. The highest BCUT2D eigenvalue weighted by Gasteiger charge is 1.88. The molecule has 0 bridgehead atoms. The van der Waals surface area contributed by atoms with Crippen LogP contribution in [-0.2, 0) is 11.4 Å². The molecule has 0 heterocycles. The third kappa shape index (κ3) is 4.77. The average Bonchev–Trinajstić information content (AvgIpc) is 2.41. The van der Waals surface area contributed by atoms with Crippen LogP contribution in [0, 0.1) is 0 Å². The Morgan fingerprint density at radius 2 is 1.00 bits per heavy atom. The zero-order valence-electron chi connectivity index (χ0n) is 8.89. The SMILES string of the molecule is c1ccc(SN=S=NSc2ccccc2)cc1. The number of hydrogen-bond acceptors (Lipinski definition) is 4. The lowest BCUT2D eigenvalue weighted by Crippen LogP contribution is -1.64. The molecule has 0 aliphatic rings. The van der Waals surface area contributed by atoms with E-state index in [1.807, 2.05) is 60.7 Å². The first-order valence-electron chi connectivity index (χ1n) is 4.96. The van der Waals surface area contributed by atoms with E-state index in [9.17, 15) is 0 Å². The normalized spacial score (nSPS) is 9.65. The molecule has 0 amide bonds. The maximum Gasteiger partial charge on any atom is 0.0837 e. The first-order chi connectivity index (χ1) is 8.45. The lowest BCUT2D eigenvalue weighted by Gasteiger charge is -1.90. The van der Waals surface area contributed by atoms with Gasteiger partial charge in [-0.1, -0.05) is 36.4 Å². The maximum atomic E-state index is 4.20. The van der Waals surface area contributed by atoms with Crippen molar-refractivity contribution >= 4 is 35.3 Å². The van der Waals surface area contributed by atoms with Gasteiger partial charge < -0.3 is 0 Å². The van der Waals surface area contributed by atoms with E-state index in [1.165, 1.54) is 35.3 Å². The Hall–Kier alpha value is -1.04. The molecule has 0 radical (unpaired) electrons. The summed E-state index contributed by atoms with van der Waals surface area (Å²) in [7, 11) is 0. The van der Waals surface area contributed by atoms with Crippen LogP contribution < -0.4 is 0 Å². The summed E-state index contributed by atoms with van der Waals surface area (Å²) in [5.41, 5.74) is 0. The van der Waals surface area contributed by atoms with Crippen LogP contribution in [0.3, 0.4) is 0 Å². The summed E-state index contributed by atoms with van der Waals surface area (Å²) in [5, 5.41) is 0. The van der Waals surface area contributed by atoms with Crippen molar-refractivity contribution in [2.24, 2.45) is 7.54 Å². The summed E-state index contributed by atoms with van der Waals surface area (Å²) in [6, 6.07) is 20.1. The van der Waals surface area contributed by atoms with Gasteiger partial charge >= 0.3 is 0 Å². The summed E-state index contributed by atoms with van der Waals surface area (Å²) in [6.07, 6.45) is 0. The molecule has 0 atom stereocenters. The van der Waals surface area contributed by atoms with Crippen LogP contribution in [0.25, 0.3) is 0 Å². The van der Waals surface area contributed by atoms with E-state index >= 15 is 0 Å². The summed E-state index contributed by atoms with van der Waals surface area (Å²) in [4.78, 5) is 2.25. The Balaban J connectivity index is 1.85. The quantitative estimate of drug-likeness (QED) is 0.747. The fourth-order valence-corrected chi connectivity index (χ4v) is 2.96. The standard InChI is InChI=1S/C12H10N2S3/c1-3-7-11(8-4-1)15-13-17-14-16-12-9-5-2-6-10-12/h1-10H. The van der Waals surface area contributed by atoms with Crippen molar-refractivity contribution in [3.05, 3.63) is 60.7 Å². The molecule has 5 heteroatoms. The number of rotatable bonds is 4. The predicted octanol–water partition coefficient (Wildman–Crippen LogP) is 4.85. The van der Waals surface area contributed by atoms with Gasteiger partial charge in [-0.15, -0.1) is 7.54 Å². The molecule has 86 valence electrons. The molecule has 2 nitrogen and oxygen atoms in total. The van der Waals surface area contributed by atoms with E-state index in [1.54, 1.807) is 0 Å². The van der Waals surface area contributed by atoms with Gasteiger partial charge in [-0.3, -0.25) is 0 Å². The lowest BCUT2D eigenvalue weighted by atomic mass is 10.4. The van der Waals surface area contributed by atoms with Crippen LogP contribution in [-0.4, -0.2) is 0 Å². The van der Waals surface area contributed by atoms with Crippen molar-refractivity contribution in [2.45, 2.75) is 9.79 Å². The van der Waals surface area contributed by atoms with E-state index in [-0.39, 0.29) is 0 Å². The molecule has 0 unspecified atom stereocenters. The number of hydrogen-bond donors (Lipinski definition) is 0. The molecular weight excluding hydrogens is 268 g/mol. The number of benzene rings is 2. The minimum absolute atomic E-state index is 1.12. The second-order valence-electron chi connectivity index (χ2n) is 3.04. The molecule has 2 rings (SSSR count). The molecule has 2 aromatic carbocycles. The highest BCUT2D eigenvalue weighted by molar-refractivity contribution is 8.04. The summed E-state index contributed by atoms with van der Waals surface area (Å²) >= 11 is 4.09. The van der Waals surface area contributed by atoms with Crippen LogP contribution in [0.1, 0.15) is 0 Å². The minimum atomic E-state index is 1.12. The topological polar surface area (TPSA) is 24.7 Å². The highest BCUT2D eigenvalue weighted by atomic mass is 32.2. The molecule has 0 spiro atoms. The van der Waals surface area contributed by atoms with Crippen LogP contribution >= 0.6 is 23.9 Å². The summed E-state index contributed by atoms with van der Waals surface area (Å²) in [5.74, 6) is 0. The molecule has 0 saturated carbocycles. The van der Waals surface area contributed by atoms with E-state index in [2.05, 4.69) is 7.54 Å². The minimum Gasteiger partial charge on any atom is -0.135 e. The molecule has 2 aromatic rings. The van der Waals surface area contributed by atoms with Crippen LogP contribution in [0.15, 0.2) is 78.0 Å². The van der Waals surface area contributed by atoms with Crippen LogP contribution in [0.2, 0.25) is 0 Å². The largest absolute Gasteiger partial charge is 0.135 e. The third-order valence-corrected chi connectivity index (χ3v) is 3.93. The van der Waals surface area contributed by atoms with E-state index in [4.69, 9.17) is 0 Å². The van der Waals surface area contributed by atoms with E-state index in [0.717, 1.165) is 9.79 Å². The molecule has 0 saturated heterocycles. The summed E-state index contributed by atoms with van der Waals surface area (Å²) < 4.78 is 8.41. The Morgan fingerprint density at radius 3 is 1.41 bits per heavy atom. The van der Waals surface area contributed by atoms with Crippen LogP contribution in [0.5, 0.6) is 0 Å². The molecular formula is C12H10N2S3. The lowest BCUT2D eigenvalue weighted by molar-refractivity contribution is 1.46. The maximum absolute atomic E-state index is 4.20. The van der Waals surface area contributed by atoms with Crippen molar-refractivity contribution in [1.82, 2.24) is 0 Å². The van der Waals surface area contributed by atoms with Gasteiger partial charge in [0.25, 0.3) is 0 Å². The number of nitrogens with zero attached hydrogens (tertiary/aromatic N) is 2. The van der Waals surface area contributed by atoms with Gasteiger partial charge in [-0.05, 0) is 24.3 Å². The average molecular weight is 278 g/mol. The third-order valence-electron chi connectivity index (χ3n) is 1.84. The second-order valence-corrected chi connectivity index (χ2v) is 5.70. The van der Waals surface area contributed by atoms with Crippen molar-refractivity contribution in [3.63, 3.8) is 0 Å². The smallest absolute Gasteiger partial charge is 0.0837 e. The van der Waals surface area contributed by atoms with Gasteiger partial charge in [-0.2, -0.15) is 0 Å². The fraction of sp³-hybridized carbons (Fsp3) is 0. The van der Waals surface area contributed by atoms with Gasteiger partial charge in [0.05, 0.1) is 11.4 Å². The van der Waals surface area contributed by atoms with Crippen molar-refractivity contribution in [2.75, 3.05) is 0 Å². The predicted molar refractivity (Wildman–Crippen MR) is 76.8 cm³/mol. The van der Waals surface area contributed by atoms with Crippen LogP contribution in [0.4, 0.5) is 0 Å². The monoisotopic (exact) mass is 278 g/mol. The van der Waals surface area contributed by atoms with Gasteiger partial charge in [0.2, 0.25) is 0 Å². The molecule has 0 fully saturated rings. The molecule has 0 aliphatic carbocycles. The first kappa shape index (κ1) is 12.4. The zero-order chi connectivity index (χ0) is 11.8.